The van der Waals surface area contributed by atoms with Crippen LogP contribution in [-0.2, 0) is 6.42 Å². The van der Waals surface area contributed by atoms with Crippen LogP contribution in [0.3, 0.4) is 0 Å². The minimum atomic E-state index is 0.00389. The number of fused-ring (bicyclic) bond motifs is 1. The van der Waals surface area contributed by atoms with Gasteiger partial charge in [-0.05, 0) is 54.8 Å². The molecule has 3 rings (SSSR count). The fourth-order valence-corrected chi connectivity index (χ4v) is 2.69. The molecule has 2 aromatic rings. The molecule has 4 heteroatoms. The summed E-state index contributed by atoms with van der Waals surface area (Å²) in [5.74, 6) is 0.749. The first-order valence-electron chi connectivity index (χ1n) is 7.03. The highest BCUT2D eigenvalue weighted by atomic mass is 16.5. The van der Waals surface area contributed by atoms with Crippen LogP contribution in [0.15, 0.2) is 42.5 Å². The van der Waals surface area contributed by atoms with Gasteiger partial charge in [-0.25, -0.2) is 0 Å². The third kappa shape index (κ3) is 2.57. The molecule has 0 radical (unpaired) electrons. The average molecular weight is 282 g/mol. The predicted octanol–water partition coefficient (Wildman–Crippen LogP) is 2.87. The third-order valence-corrected chi connectivity index (χ3v) is 3.81. The van der Waals surface area contributed by atoms with Crippen LogP contribution in [0.4, 0.5) is 11.4 Å². The molecule has 4 nitrogen and oxygen atoms in total. The molecule has 1 heterocycles. The lowest BCUT2D eigenvalue weighted by Gasteiger charge is -2.30. The molecule has 1 aliphatic heterocycles. The second kappa shape index (κ2) is 5.48. The number of nitrogens with zero attached hydrogens (tertiary/aromatic N) is 1. The Labute approximate surface area is 124 Å². The number of carbonyl (C=O) groups is 1. The van der Waals surface area contributed by atoms with Crippen LogP contribution in [0.25, 0.3) is 0 Å². The van der Waals surface area contributed by atoms with Crippen molar-refractivity contribution >= 4 is 17.3 Å². The number of amides is 1. The summed E-state index contributed by atoms with van der Waals surface area (Å²) < 4.78 is 5.12. The van der Waals surface area contributed by atoms with Gasteiger partial charge in [0, 0.05) is 23.5 Å². The number of aryl methyl sites for hydroxylation is 1. The number of rotatable bonds is 2. The van der Waals surface area contributed by atoms with Crippen molar-refractivity contribution in [3.63, 3.8) is 0 Å². The molecule has 2 N–H and O–H groups in total. The summed E-state index contributed by atoms with van der Waals surface area (Å²) >= 11 is 0. The first-order chi connectivity index (χ1) is 10.2. The molecule has 1 amide bonds. The van der Waals surface area contributed by atoms with E-state index >= 15 is 0 Å². The van der Waals surface area contributed by atoms with Gasteiger partial charge in [0.2, 0.25) is 0 Å². The predicted molar refractivity (Wildman–Crippen MR) is 83.8 cm³/mol. The molecule has 1 aliphatic rings. The first kappa shape index (κ1) is 13.5. The van der Waals surface area contributed by atoms with E-state index in [4.69, 9.17) is 10.5 Å². The van der Waals surface area contributed by atoms with Crippen molar-refractivity contribution in [1.82, 2.24) is 0 Å². The van der Waals surface area contributed by atoms with E-state index in [9.17, 15) is 4.79 Å². The van der Waals surface area contributed by atoms with E-state index in [0.29, 0.717) is 11.3 Å². The third-order valence-electron chi connectivity index (χ3n) is 3.81. The maximum atomic E-state index is 12.7. The fourth-order valence-electron chi connectivity index (χ4n) is 2.69. The molecule has 0 fully saturated rings. The van der Waals surface area contributed by atoms with E-state index in [2.05, 4.69) is 0 Å². The molecule has 0 unspecified atom stereocenters. The van der Waals surface area contributed by atoms with Crippen LogP contribution in [0.1, 0.15) is 22.3 Å². The normalized spacial score (nSPS) is 13.7. The van der Waals surface area contributed by atoms with Crippen molar-refractivity contribution in [2.24, 2.45) is 0 Å². The molecule has 0 spiro atoms. The lowest BCUT2D eigenvalue weighted by atomic mass is 10.00. The average Bonchev–Trinajstić information content (AvgIpc) is 2.53. The van der Waals surface area contributed by atoms with Crippen LogP contribution in [-0.4, -0.2) is 19.6 Å². The smallest absolute Gasteiger partial charge is 0.258 e. The van der Waals surface area contributed by atoms with Gasteiger partial charge in [-0.15, -0.1) is 0 Å². The van der Waals surface area contributed by atoms with E-state index in [0.717, 1.165) is 30.8 Å². The molecule has 2 aromatic carbocycles. The van der Waals surface area contributed by atoms with E-state index < -0.39 is 0 Å². The second-order valence-electron chi connectivity index (χ2n) is 5.18. The second-order valence-corrected chi connectivity index (χ2v) is 5.18. The van der Waals surface area contributed by atoms with E-state index in [1.54, 1.807) is 31.4 Å². The lowest BCUT2D eigenvalue weighted by molar-refractivity contribution is 0.0985. The van der Waals surface area contributed by atoms with Gasteiger partial charge < -0.3 is 15.4 Å². The number of carbonyl (C=O) groups excluding carboxylic acids is 1. The minimum absolute atomic E-state index is 0.00389. The van der Waals surface area contributed by atoms with Crippen molar-refractivity contribution < 1.29 is 9.53 Å². The summed E-state index contributed by atoms with van der Waals surface area (Å²) in [5, 5.41) is 0. The number of hydrogen-bond acceptors (Lipinski definition) is 3. The highest BCUT2D eigenvalue weighted by Crippen LogP contribution is 2.30. The molecule has 0 saturated carbocycles. The van der Waals surface area contributed by atoms with Gasteiger partial charge in [0.05, 0.1) is 7.11 Å². The highest BCUT2D eigenvalue weighted by Gasteiger charge is 2.23. The quantitative estimate of drug-likeness (QED) is 0.862. The molecule has 0 bridgehead atoms. The maximum Gasteiger partial charge on any atom is 0.258 e. The first-order valence-corrected chi connectivity index (χ1v) is 7.03. The van der Waals surface area contributed by atoms with Crippen molar-refractivity contribution in [2.45, 2.75) is 12.8 Å². The number of anilines is 2. The molecule has 0 aliphatic carbocycles. The summed E-state index contributed by atoms with van der Waals surface area (Å²) in [6.07, 6.45) is 1.96. The minimum Gasteiger partial charge on any atom is -0.497 e. The molecular weight excluding hydrogens is 264 g/mol. The Kier molecular flexibility index (Phi) is 3.52. The van der Waals surface area contributed by atoms with Crippen LogP contribution in [0.5, 0.6) is 5.75 Å². The topological polar surface area (TPSA) is 55.6 Å². The van der Waals surface area contributed by atoms with Gasteiger partial charge in [-0.2, -0.15) is 0 Å². The Morgan fingerprint density at radius 1 is 1.19 bits per heavy atom. The number of hydrogen-bond donors (Lipinski definition) is 1. The number of nitrogens with two attached hydrogens (primary N) is 1. The van der Waals surface area contributed by atoms with E-state index in [1.165, 1.54) is 5.56 Å². The molecular formula is C17H18N2O2. The summed E-state index contributed by atoms with van der Waals surface area (Å²) in [7, 11) is 1.61. The van der Waals surface area contributed by atoms with Crippen LogP contribution < -0.4 is 15.4 Å². The summed E-state index contributed by atoms with van der Waals surface area (Å²) in [4.78, 5) is 14.5. The van der Waals surface area contributed by atoms with Gasteiger partial charge in [0.1, 0.15) is 5.75 Å². The Balaban J connectivity index is 1.93. The SMILES string of the molecule is COc1ccc(C(=O)N2CCCc3ccc(N)cc32)cc1. The standard InChI is InChI=1S/C17H18N2O2/c1-21-15-8-5-13(6-9-15)17(20)19-10-2-3-12-4-7-14(18)11-16(12)19/h4-9,11H,2-3,10,18H2,1H3. The van der Waals surface area contributed by atoms with Crippen LogP contribution in [0.2, 0.25) is 0 Å². The Bertz CT molecular complexity index is 665. The molecule has 0 saturated heterocycles. The van der Waals surface area contributed by atoms with Crippen LogP contribution in [0, 0.1) is 0 Å². The zero-order chi connectivity index (χ0) is 14.8. The summed E-state index contributed by atoms with van der Waals surface area (Å²) in [6.45, 7) is 0.724. The summed E-state index contributed by atoms with van der Waals surface area (Å²) in [6, 6.07) is 13.0. The lowest BCUT2D eigenvalue weighted by Crippen LogP contribution is -2.35. The Morgan fingerprint density at radius 3 is 2.67 bits per heavy atom. The van der Waals surface area contributed by atoms with E-state index in [-0.39, 0.29) is 5.91 Å². The number of nitrogen functional groups attached to an aromatic ring is 1. The van der Waals surface area contributed by atoms with Gasteiger partial charge in [-0.3, -0.25) is 4.79 Å². The highest BCUT2D eigenvalue weighted by molar-refractivity contribution is 6.07. The number of ether oxygens (including phenoxy) is 1. The Hall–Kier alpha value is -2.49. The fraction of sp³-hybridized carbons (Fsp3) is 0.235. The van der Waals surface area contributed by atoms with Crippen molar-refractivity contribution in [3.8, 4) is 5.75 Å². The van der Waals surface area contributed by atoms with Crippen molar-refractivity contribution in [1.29, 1.82) is 0 Å². The zero-order valence-electron chi connectivity index (χ0n) is 12.0. The Morgan fingerprint density at radius 2 is 1.95 bits per heavy atom. The molecule has 108 valence electrons. The van der Waals surface area contributed by atoms with Gasteiger partial charge in [-0.1, -0.05) is 6.07 Å². The van der Waals surface area contributed by atoms with Gasteiger partial charge >= 0.3 is 0 Å². The number of methoxy groups -OCH3 is 1. The maximum absolute atomic E-state index is 12.7. The van der Waals surface area contributed by atoms with Crippen molar-refractivity contribution in [2.75, 3.05) is 24.3 Å². The molecule has 21 heavy (non-hydrogen) atoms. The zero-order valence-corrected chi connectivity index (χ0v) is 12.0. The largest absolute Gasteiger partial charge is 0.497 e. The number of benzene rings is 2. The van der Waals surface area contributed by atoms with Crippen LogP contribution >= 0.6 is 0 Å². The molecule has 0 aromatic heterocycles. The van der Waals surface area contributed by atoms with Gasteiger partial charge in [0.25, 0.3) is 5.91 Å². The summed E-state index contributed by atoms with van der Waals surface area (Å²) in [5.41, 5.74) is 9.32. The monoisotopic (exact) mass is 282 g/mol. The van der Waals surface area contributed by atoms with E-state index in [1.807, 2.05) is 23.1 Å². The van der Waals surface area contributed by atoms with Gasteiger partial charge in [0.15, 0.2) is 0 Å². The molecule has 0 atom stereocenters. The van der Waals surface area contributed by atoms with Crippen molar-refractivity contribution in [3.05, 3.63) is 53.6 Å².